The number of hydrogen-bond acceptors (Lipinski definition) is 5. The summed E-state index contributed by atoms with van der Waals surface area (Å²) in [5, 5.41) is 19.6. The Morgan fingerprint density at radius 1 is 1.14 bits per heavy atom. The van der Waals surface area contributed by atoms with E-state index >= 15 is 0 Å². The van der Waals surface area contributed by atoms with Crippen LogP contribution in [-0.4, -0.2) is 31.7 Å². The normalized spacial score (nSPS) is 11.1. The Bertz CT molecular complexity index is 1210. The third-order valence-corrected chi connectivity index (χ3v) is 5.23. The zero-order valence-electron chi connectivity index (χ0n) is 15.8. The zero-order chi connectivity index (χ0) is 20.5. The third-order valence-electron chi connectivity index (χ3n) is 4.41. The molecule has 4 rings (SSSR count). The van der Waals surface area contributed by atoms with Crippen molar-refractivity contribution >= 4 is 39.8 Å². The Labute approximate surface area is 170 Å². The predicted octanol–water partition coefficient (Wildman–Crippen LogP) is 4.44. The van der Waals surface area contributed by atoms with E-state index in [1.807, 2.05) is 62.4 Å². The minimum atomic E-state index is -1.09. The van der Waals surface area contributed by atoms with Crippen LogP contribution in [0.5, 0.6) is 0 Å². The molecule has 0 saturated heterocycles. The number of anilines is 1. The molecule has 29 heavy (non-hydrogen) atoms. The van der Waals surface area contributed by atoms with Gasteiger partial charge in [-0.25, -0.2) is 14.5 Å². The summed E-state index contributed by atoms with van der Waals surface area (Å²) in [7, 11) is 0. The fourth-order valence-corrected chi connectivity index (χ4v) is 3.65. The van der Waals surface area contributed by atoms with Crippen LogP contribution in [0.25, 0.3) is 27.3 Å². The van der Waals surface area contributed by atoms with Crippen molar-refractivity contribution in [2.24, 2.45) is 5.92 Å². The van der Waals surface area contributed by atoms with Crippen molar-refractivity contribution in [2.45, 2.75) is 13.8 Å². The minimum absolute atomic E-state index is 0.0285. The standard InChI is InChI=1S/C21H18N4O3S/c1-12(2)19(26)22-14-8-9-15-17(10-14)25(21-23-16(11-29-21)20(27)28)24-18(15)13-6-4-3-5-7-13/h3-12H,1-2H3,(H,22,26)(H,27,28). The SMILES string of the molecule is CC(C)C(=O)Nc1ccc2c(-c3ccccc3)nn(-c3nc(C(=O)O)cs3)c2c1. The summed E-state index contributed by atoms with van der Waals surface area (Å²) >= 11 is 1.20. The van der Waals surface area contributed by atoms with Crippen LogP contribution in [0.1, 0.15) is 24.3 Å². The number of carboxylic acids is 1. The molecule has 0 aliphatic carbocycles. The molecule has 0 atom stereocenters. The van der Waals surface area contributed by atoms with E-state index in [1.54, 1.807) is 4.68 Å². The monoisotopic (exact) mass is 406 g/mol. The van der Waals surface area contributed by atoms with Gasteiger partial charge >= 0.3 is 5.97 Å². The van der Waals surface area contributed by atoms with Crippen LogP contribution < -0.4 is 5.32 Å². The summed E-state index contributed by atoms with van der Waals surface area (Å²) in [5.74, 6) is -1.31. The summed E-state index contributed by atoms with van der Waals surface area (Å²) in [6.45, 7) is 3.66. The highest BCUT2D eigenvalue weighted by Gasteiger charge is 2.18. The fourth-order valence-electron chi connectivity index (χ4n) is 2.89. The van der Waals surface area contributed by atoms with Crippen LogP contribution in [0.15, 0.2) is 53.9 Å². The molecule has 1 amide bonds. The Hall–Kier alpha value is -3.52. The highest BCUT2D eigenvalue weighted by Crippen LogP contribution is 2.32. The van der Waals surface area contributed by atoms with Gasteiger partial charge in [-0.15, -0.1) is 11.3 Å². The number of nitrogens with zero attached hydrogens (tertiary/aromatic N) is 3. The van der Waals surface area contributed by atoms with Gasteiger partial charge in [0.05, 0.1) is 5.52 Å². The zero-order valence-corrected chi connectivity index (χ0v) is 16.6. The molecule has 2 aromatic heterocycles. The predicted molar refractivity (Wildman–Crippen MR) is 113 cm³/mol. The van der Waals surface area contributed by atoms with Crippen molar-refractivity contribution in [3.8, 4) is 16.4 Å². The fraction of sp³-hybridized carbons (Fsp3) is 0.143. The Kier molecular flexibility index (Phi) is 4.85. The van der Waals surface area contributed by atoms with E-state index in [9.17, 15) is 14.7 Å². The van der Waals surface area contributed by atoms with Gasteiger partial charge in [0.25, 0.3) is 0 Å². The molecule has 0 spiro atoms. The van der Waals surface area contributed by atoms with E-state index in [4.69, 9.17) is 5.10 Å². The molecular weight excluding hydrogens is 388 g/mol. The van der Waals surface area contributed by atoms with E-state index < -0.39 is 5.97 Å². The topological polar surface area (TPSA) is 97.1 Å². The first-order valence-electron chi connectivity index (χ1n) is 9.02. The van der Waals surface area contributed by atoms with Crippen LogP contribution in [-0.2, 0) is 4.79 Å². The number of fused-ring (bicyclic) bond motifs is 1. The van der Waals surface area contributed by atoms with Crippen LogP contribution >= 0.6 is 11.3 Å². The second-order valence-corrected chi connectivity index (χ2v) is 7.66. The van der Waals surface area contributed by atoms with Crippen molar-refractivity contribution in [1.82, 2.24) is 14.8 Å². The lowest BCUT2D eigenvalue weighted by Gasteiger charge is -2.08. The second kappa shape index (κ2) is 7.48. The Balaban J connectivity index is 1.89. The van der Waals surface area contributed by atoms with Crippen LogP contribution in [0, 0.1) is 5.92 Å². The lowest BCUT2D eigenvalue weighted by molar-refractivity contribution is -0.118. The molecule has 0 aliphatic rings. The van der Waals surface area contributed by atoms with Crippen LogP contribution in [0.2, 0.25) is 0 Å². The molecule has 0 aliphatic heterocycles. The maximum Gasteiger partial charge on any atom is 0.355 e. The highest BCUT2D eigenvalue weighted by molar-refractivity contribution is 7.12. The number of thiazole rings is 1. The number of carboxylic acid groups (broad SMARTS) is 1. The van der Waals surface area contributed by atoms with E-state index in [0.717, 1.165) is 22.2 Å². The lowest BCUT2D eigenvalue weighted by Crippen LogP contribution is -2.17. The highest BCUT2D eigenvalue weighted by atomic mass is 32.1. The number of aromatic carboxylic acids is 1. The lowest BCUT2D eigenvalue weighted by atomic mass is 10.1. The first-order chi connectivity index (χ1) is 13.9. The van der Waals surface area contributed by atoms with Gasteiger partial charge in [-0.2, -0.15) is 5.10 Å². The molecule has 2 heterocycles. The molecule has 0 saturated carbocycles. The van der Waals surface area contributed by atoms with Gasteiger partial charge in [-0.3, -0.25) is 4.79 Å². The van der Waals surface area contributed by atoms with Crippen molar-refractivity contribution in [3.63, 3.8) is 0 Å². The van der Waals surface area contributed by atoms with Crippen molar-refractivity contribution in [1.29, 1.82) is 0 Å². The maximum absolute atomic E-state index is 12.1. The summed E-state index contributed by atoms with van der Waals surface area (Å²) in [4.78, 5) is 27.5. The minimum Gasteiger partial charge on any atom is -0.476 e. The van der Waals surface area contributed by atoms with Crippen molar-refractivity contribution in [3.05, 3.63) is 59.6 Å². The largest absolute Gasteiger partial charge is 0.476 e. The van der Waals surface area contributed by atoms with Gasteiger partial charge in [0.2, 0.25) is 11.0 Å². The molecule has 0 fully saturated rings. The molecule has 7 nitrogen and oxygen atoms in total. The van der Waals surface area contributed by atoms with Gasteiger partial charge in [0.1, 0.15) is 5.69 Å². The molecular formula is C21H18N4O3S. The Morgan fingerprint density at radius 3 is 2.55 bits per heavy atom. The van der Waals surface area contributed by atoms with E-state index in [1.165, 1.54) is 16.7 Å². The number of hydrogen-bond donors (Lipinski definition) is 2. The Morgan fingerprint density at radius 2 is 1.90 bits per heavy atom. The van der Waals surface area contributed by atoms with Gasteiger partial charge in [-0.1, -0.05) is 44.2 Å². The first kappa shape index (κ1) is 18.8. The van der Waals surface area contributed by atoms with Gasteiger partial charge in [-0.05, 0) is 18.2 Å². The summed E-state index contributed by atoms with van der Waals surface area (Å²) in [6.07, 6.45) is 0. The number of aromatic nitrogens is 3. The number of rotatable bonds is 5. The average molecular weight is 406 g/mol. The van der Waals surface area contributed by atoms with Gasteiger partial charge in [0.15, 0.2) is 5.69 Å². The maximum atomic E-state index is 12.1. The number of nitrogens with one attached hydrogen (secondary N) is 1. The summed E-state index contributed by atoms with van der Waals surface area (Å²) in [6, 6.07) is 15.3. The molecule has 0 bridgehead atoms. The third kappa shape index (κ3) is 3.62. The molecule has 0 unspecified atom stereocenters. The summed E-state index contributed by atoms with van der Waals surface area (Å²) < 4.78 is 1.62. The number of benzene rings is 2. The van der Waals surface area contributed by atoms with Crippen molar-refractivity contribution < 1.29 is 14.7 Å². The summed E-state index contributed by atoms with van der Waals surface area (Å²) in [5.41, 5.74) is 3.04. The molecule has 2 N–H and O–H groups in total. The quantitative estimate of drug-likeness (QED) is 0.511. The smallest absolute Gasteiger partial charge is 0.355 e. The van der Waals surface area contributed by atoms with E-state index in [0.29, 0.717) is 10.8 Å². The number of amides is 1. The van der Waals surface area contributed by atoms with Crippen LogP contribution in [0.3, 0.4) is 0 Å². The van der Waals surface area contributed by atoms with Gasteiger partial charge < -0.3 is 10.4 Å². The molecule has 2 aromatic carbocycles. The van der Waals surface area contributed by atoms with Crippen LogP contribution in [0.4, 0.5) is 5.69 Å². The average Bonchev–Trinajstić information content (AvgIpc) is 3.33. The second-order valence-electron chi connectivity index (χ2n) is 6.82. The number of carbonyl (C=O) groups is 2. The first-order valence-corrected chi connectivity index (χ1v) is 9.90. The number of carbonyl (C=O) groups excluding carboxylic acids is 1. The van der Waals surface area contributed by atoms with Gasteiger partial charge in [0, 0.05) is 27.9 Å². The van der Waals surface area contributed by atoms with E-state index in [-0.39, 0.29) is 17.5 Å². The van der Waals surface area contributed by atoms with E-state index in [2.05, 4.69) is 10.3 Å². The molecule has 0 radical (unpaired) electrons. The molecule has 4 aromatic rings. The van der Waals surface area contributed by atoms with Crippen molar-refractivity contribution in [2.75, 3.05) is 5.32 Å². The molecule has 8 heteroatoms. The molecule has 146 valence electrons.